The number of hydrogen-bond donors (Lipinski definition) is 2. The standard InChI is InChI=1S/C15H21NO4/c1-3-14(17)16-10-12(15(18)19)9-11-5-7-13(8-6-11)20-4-2/h5-8,12H,3-4,9-10H2,1-2H3,(H,16,17)(H,18,19). The Hall–Kier alpha value is -2.04. The van der Waals surface area contributed by atoms with Crippen LogP contribution >= 0.6 is 0 Å². The average Bonchev–Trinajstić information content (AvgIpc) is 2.44. The van der Waals surface area contributed by atoms with Gasteiger partial charge in [0, 0.05) is 13.0 Å². The lowest BCUT2D eigenvalue weighted by Gasteiger charge is -2.13. The molecule has 0 aliphatic carbocycles. The fourth-order valence-electron chi connectivity index (χ4n) is 1.78. The Kier molecular flexibility index (Phi) is 6.56. The number of carboxylic acid groups (broad SMARTS) is 1. The summed E-state index contributed by atoms with van der Waals surface area (Å²) in [5, 5.41) is 11.8. The molecule has 5 nitrogen and oxygen atoms in total. The topological polar surface area (TPSA) is 75.6 Å². The molecule has 0 radical (unpaired) electrons. The fourth-order valence-corrected chi connectivity index (χ4v) is 1.78. The van der Waals surface area contributed by atoms with E-state index in [1.165, 1.54) is 0 Å². The van der Waals surface area contributed by atoms with Gasteiger partial charge in [-0.1, -0.05) is 19.1 Å². The maximum absolute atomic E-state index is 11.2. The zero-order chi connectivity index (χ0) is 15.0. The molecule has 0 saturated carbocycles. The highest BCUT2D eigenvalue weighted by molar-refractivity contribution is 5.77. The third kappa shape index (κ3) is 5.30. The van der Waals surface area contributed by atoms with Crippen LogP contribution in [0.25, 0.3) is 0 Å². The number of ether oxygens (including phenoxy) is 1. The molecule has 0 aliphatic heterocycles. The second-order valence-corrected chi connectivity index (χ2v) is 4.47. The van der Waals surface area contributed by atoms with Gasteiger partial charge in [-0.25, -0.2) is 0 Å². The summed E-state index contributed by atoms with van der Waals surface area (Å²) in [6.45, 7) is 4.39. The highest BCUT2D eigenvalue weighted by Gasteiger charge is 2.18. The SMILES string of the molecule is CCOc1ccc(CC(CNC(=O)CC)C(=O)O)cc1. The van der Waals surface area contributed by atoms with Crippen molar-refractivity contribution in [1.29, 1.82) is 0 Å². The highest BCUT2D eigenvalue weighted by atomic mass is 16.5. The second kappa shape index (κ2) is 8.19. The van der Waals surface area contributed by atoms with Crippen molar-refractivity contribution in [2.75, 3.05) is 13.2 Å². The Morgan fingerprint density at radius 1 is 1.25 bits per heavy atom. The van der Waals surface area contributed by atoms with E-state index in [1.54, 1.807) is 6.92 Å². The van der Waals surface area contributed by atoms with Gasteiger partial charge in [0.2, 0.25) is 5.91 Å². The number of benzene rings is 1. The molecule has 0 spiro atoms. The summed E-state index contributed by atoms with van der Waals surface area (Å²) in [6.07, 6.45) is 0.737. The Morgan fingerprint density at radius 3 is 2.40 bits per heavy atom. The summed E-state index contributed by atoms with van der Waals surface area (Å²) >= 11 is 0. The number of rotatable bonds is 8. The molecule has 0 aromatic heterocycles. The van der Waals surface area contributed by atoms with E-state index in [0.29, 0.717) is 19.4 Å². The van der Waals surface area contributed by atoms with Crippen molar-refractivity contribution in [3.8, 4) is 5.75 Å². The zero-order valence-corrected chi connectivity index (χ0v) is 11.9. The number of aliphatic carboxylic acids is 1. The number of nitrogens with one attached hydrogen (secondary N) is 1. The Labute approximate surface area is 118 Å². The monoisotopic (exact) mass is 279 g/mol. The van der Waals surface area contributed by atoms with Crippen molar-refractivity contribution in [3.63, 3.8) is 0 Å². The molecule has 2 N–H and O–H groups in total. The maximum atomic E-state index is 11.2. The molecule has 0 saturated heterocycles. The van der Waals surface area contributed by atoms with Gasteiger partial charge in [-0.15, -0.1) is 0 Å². The van der Waals surface area contributed by atoms with Gasteiger partial charge in [0.05, 0.1) is 12.5 Å². The summed E-state index contributed by atoms with van der Waals surface area (Å²) in [5.41, 5.74) is 0.909. The van der Waals surface area contributed by atoms with Gasteiger partial charge in [0.25, 0.3) is 0 Å². The molecule has 0 aliphatic rings. The number of carboxylic acids is 1. The molecule has 0 fully saturated rings. The van der Waals surface area contributed by atoms with Gasteiger partial charge in [-0.3, -0.25) is 9.59 Å². The van der Waals surface area contributed by atoms with Crippen LogP contribution in [-0.2, 0) is 16.0 Å². The molecule has 1 rings (SSSR count). The predicted molar refractivity (Wildman–Crippen MR) is 75.7 cm³/mol. The summed E-state index contributed by atoms with van der Waals surface area (Å²) < 4.78 is 5.33. The van der Waals surface area contributed by atoms with Crippen LogP contribution in [0.4, 0.5) is 0 Å². The van der Waals surface area contributed by atoms with E-state index in [4.69, 9.17) is 4.74 Å². The molecule has 1 atom stereocenters. The third-order valence-electron chi connectivity index (χ3n) is 2.93. The molecule has 1 aromatic carbocycles. The van der Waals surface area contributed by atoms with Crippen LogP contribution in [0.15, 0.2) is 24.3 Å². The summed E-state index contributed by atoms with van der Waals surface area (Å²) in [6, 6.07) is 7.34. The molecule has 110 valence electrons. The van der Waals surface area contributed by atoms with Crippen LogP contribution in [-0.4, -0.2) is 30.1 Å². The first-order valence-electron chi connectivity index (χ1n) is 6.78. The molecule has 5 heteroatoms. The minimum atomic E-state index is -0.907. The second-order valence-electron chi connectivity index (χ2n) is 4.47. The van der Waals surface area contributed by atoms with Crippen molar-refractivity contribution >= 4 is 11.9 Å². The van der Waals surface area contributed by atoms with Gasteiger partial charge in [-0.05, 0) is 31.0 Å². The van der Waals surface area contributed by atoms with Crippen LogP contribution in [0.1, 0.15) is 25.8 Å². The van der Waals surface area contributed by atoms with Gasteiger partial charge in [0.15, 0.2) is 0 Å². The number of carbonyl (C=O) groups is 2. The lowest BCUT2D eigenvalue weighted by atomic mass is 9.99. The minimum absolute atomic E-state index is 0.136. The van der Waals surface area contributed by atoms with Crippen molar-refractivity contribution in [2.45, 2.75) is 26.7 Å². The predicted octanol–water partition coefficient (Wildman–Crippen LogP) is 1.85. The van der Waals surface area contributed by atoms with Crippen LogP contribution < -0.4 is 10.1 Å². The molecular formula is C15H21NO4. The summed E-state index contributed by atoms with van der Waals surface area (Å²) in [7, 11) is 0. The molecule has 1 aromatic rings. The van der Waals surface area contributed by atoms with Crippen molar-refractivity contribution in [1.82, 2.24) is 5.32 Å². The smallest absolute Gasteiger partial charge is 0.308 e. The zero-order valence-electron chi connectivity index (χ0n) is 11.9. The number of hydrogen-bond acceptors (Lipinski definition) is 3. The Balaban J connectivity index is 2.60. The number of amides is 1. The van der Waals surface area contributed by atoms with Crippen molar-refractivity contribution < 1.29 is 19.4 Å². The van der Waals surface area contributed by atoms with Crippen LogP contribution in [0.3, 0.4) is 0 Å². The van der Waals surface area contributed by atoms with Crippen molar-refractivity contribution in [3.05, 3.63) is 29.8 Å². The number of carbonyl (C=O) groups excluding carboxylic acids is 1. The largest absolute Gasteiger partial charge is 0.494 e. The van der Waals surface area contributed by atoms with Gasteiger partial charge in [-0.2, -0.15) is 0 Å². The van der Waals surface area contributed by atoms with E-state index in [-0.39, 0.29) is 12.5 Å². The molecule has 20 heavy (non-hydrogen) atoms. The van der Waals surface area contributed by atoms with Crippen LogP contribution in [0.2, 0.25) is 0 Å². The van der Waals surface area contributed by atoms with E-state index in [0.717, 1.165) is 11.3 Å². The summed E-state index contributed by atoms with van der Waals surface area (Å²) in [4.78, 5) is 22.4. The molecule has 0 heterocycles. The fraction of sp³-hybridized carbons (Fsp3) is 0.467. The van der Waals surface area contributed by atoms with E-state index in [9.17, 15) is 14.7 Å². The van der Waals surface area contributed by atoms with Gasteiger partial charge < -0.3 is 15.2 Å². The quantitative estimate of drug-likeness (QED) is 0.761. The third-order valence-corrected chi connectivity index (χ3v) is 2.93. The molecule has 1 unspecified atom stereocenters. The van der Waals surface area contributed by atoms with Crippen LogP contribution in [0.5, 0.6) is 5.75 Å². The normalized spacial score (nSPS) is 11.7. The lowest BCUT2D eigenvalue weighted by Crippen LogP contribution is -2.33. The van der Waals surface area contributed by atoms with Gasteiger partial charge >= 0.3 is 5.97 Å². The van der Waals surface area contributed by atoms with E-state index >= 15 is 0 Å². The van der Waals surface area contributed by atoms with Crippen molar-refractivity contribution in [2.24, 2.45) is 5.92 Å². The van der Waals surface area contributed by atoms with E-state index < -0.39 is 11.9 Å². The molecular weight excluding hydrogens is 258 g/mol. The lowest BCUT2D eigenvalue weighted by molar-refractivity contribution is -0.141. The van der Waals surface area contributed by atoms with Gasteiger partial charge in [0.1, 0.15) is 5.75 Å². The highest BCUT2D eigenvalue weighted by Crippen LogP contribution is 2.15. The summed E-state index contributed by atoms with van der Waals surface area (Å²) in [5.74, 6) is -0.899. The molecule has 0 bridgehead atoms. The average molecular weight is 279 g/mol. The van der Waals surface area contributed by atoms with E-state index in [2.05, 4.69) is 5.32 Å². The first-order chi connectivity index (χ1) is 9.56. The van der Waals surface area contributed by atoms with Crippen LogP contribution in [0, 0.1) is 5.92 Å². The first-order valence-corrected chi connectivity index (χ1v) is 6.78. The Bertz CT molecular complexity index is 442. The van der Waals surface area contributed by atoms with E-state index in [1.807, 2.05) is 31.2 Å². The first kappa shape index (κ1) is 16.0. The molecule has 1 amide bonds. The maximum Gasteiger partial charge on any atom is 0.308 e. The minimum Gasteiger partial charge on any atom is -0.494 e. The Morgan fingerprint density at radius 2 is 1.90 bits per heavy atom.